The first-order valence-electron chi connectivity index (χ1n) is 10.1. The van der Waals surface area contributed by atoms with Gasteiger partial charge in [-0.3, -0.25) is 4.79 Å². The predicted molar refractivity (Wildman–Crippen MR) is 125 cm³/mol. The number of hydrogen-bond donors (Lipinski definition) is 3. The smallest absolute Gasteiger partial charge is 0.252 e. The number of nitrogens with one attached hydrogen (secondary N) is 2. The van der Waals surface area contributed by atoms with Crippen LogP contribution in [0.15, 0.2) is 82.6 Å². The Kier molecular flexibility index (Phi) is 7.33. The standard InChI is InChI=1S/C23H25N3O5S2/c1-16-8-11-21(33(30,31)25-15-18-6-4-3-5-7-18)14-22(16)23(27)26-17(2)19-9-12-20(13-10-19)32(24,28)29/h3-14,17,25H,15H2,1-2H3,(H,26,27)(H2,24,28,29)/t17-/m0/s1. The monoisotopic (exact) mass is 487 g/mol. The summed E-state index contributed by atoms with van der Waals surface area (Å²) in [6, 6.07) is 18.9. The number of benzene rings is 3. The molecule has 3 rings (SSSR count). The van der Waals surface area contributed by atoms with E-state index in [1.165, 1.54) is 24.3 Å². The maximum Gasteiger partial charge on any atom is 0.252 e. The van der Waals surface area contributed by atoms with Gasteiger partial charge in [-0.1, -0.05) is 48.5 Å². The van der Waals surface area contributed by atoms with Crippen LogP contribution in [0.3, 0.4) is 0 Å². The van der Waals surface area contributed by atoms with Crippen LogP contribution in [0.5, 0.6) is 0 Å². The lowest BCUT2D eigenvalue weighted by atomic mass is 10.1. The SMILES string of the molecule is Cc1ccc(S(=O)(=O)NCc2ccccc2)cc1C(=O)N[C@@H](C)c1ccc(S(N)(=O)=O)cc1. The maximum absolute atomic E-state index is 12.9. The van der Waals surface area contributed by atoms with Crippen molar-refractivity contribution in [1.29, 1.82) is 0 Å². The number of primary sulfonamides is 1. The summed E-state index contributed by atoms with van der Waals surface area (Å²) in [6.07, 6.45) is 0. The Morgan fingerprint density at radius 1 is 0.909 bits per heavy atom. The van der Waals surface area contributed by atoms with Gasteiger partial charge in [-0.2, -0.15) is 0 Å². The molecule has 1 amide bonds. The van der Waals surface area contributed by atoms with E-state index in [4.69, 9.17) is 5.14 Å². The molecule has 0 aliphatic heterocycles. The van der Waals surface area contributed by atoms with Crippen molar-refractivity contribution in [2.75, 3.05) is 0 Å². The lowest BCUT2D eigenvalue weighted by Gasteiger charge is -2.16. The van der Waals surface area contributed by atoms with Crippen LogP contribution in [0.25, 0.3) is 0 Å². The third kappa shape index (κ3) is 6.26. The van der Waals surface area contributed by atoms with E-state index in [2.05, 4.69) is 10.0 Å². The highest BCUT2D eigenvalue weighted by Gasteiger charge is 2.19. The first kappa shape index (κ1) is 24.6. The van der Waals surface area contributed by atoms with Gasteiger partial charge in [0.15, 0.2) is 0 Å². The average Bonchev–Trinajstić information content (AvgIpc) is 2.78. The summed E-state index contributed by atoms with van der Waals surface area (Å²) in [5.74, 6) is -0.448. The van der Waals surface area contributed by atoms with Gasteiger partial charge in [0, 0.05) is 12.1 Å². The summed E-state index contributed by atoms with van der Waals surface area (Å²) < 4.78 is 50.9. The molecule has 0 fully saturated rings. The number of rotatable bonds is 8. The van der Waals surface area contributed by atoms with Crippen LogP contribution >= 0.6 is 0 Å². The third-order valence-electron chi connectivity index (χ3n) is 5.13. The number of sulfonamides is 2. The van der Waals surface area contributed by atoms with Crippen molar-refractivity contribution in [3.63, 3.8) is 0 Å². The number of aryl methyl sites for hydroxylation is 1. The molecule has 0 bridgehead atoms. The Morgan fingerprint density at radius 2 is 1.52 bits per heavy atom. The largest absolute Gasteiger partial charge is 0.346 e. The van der Waals surface area contributed by atoms with E-state index in [1.807, 2.05) is 30.3 Å². The molecule has 10 heteroatoms. The number of hydrogen-bond acceptors (Lipinski definition) is 5. The fraction of sp³-hybridized carbons (Fsp3) is 0.174. The van der Waals surface area contributed by atoms with Crippen LogP contribution < -0.4 is 15.2 Å². The molecule has 0 saturated carbocycles. The Labute approximate surface area is 193 Å². The van der Waals surface area contributed by atoms with Gasteiger partial charge < -0.3 is 5.32 Å². The lowest BCUT2D eigenvalue weighted by molar-refractivity contribution is 0.0939. The molecule has 174 valence electrons. The average molecular weight is 488 g/mol. The van der Waals surface area contributed by atoms with Gasteiger partial charge in [0.1, 0.15) is 0 Å². The van der Waals surface area contributed by atoms with Crippen molar-refractivity contribution in [3.8, 4) is 0 Å². The van der Waals surface area contributed by atoms with Crippen LogP contribution in [0.2, 0.25) is 0 Å². The molecule has 1 atom stereocenters. The van der Waals surface area contributed by atoms with E-state index in [1.54, 1.807) is 32.0 Å². The molecular formula is C23H25N3O5S2. The third-order valence-corrected chi connectivity index (χ3v) is 7.46. The molecule has 0 unspecified atom stereocenters. The molecule has 0 spiro atoms. The number of nitrogens with two attached hydrogens (primary N) is 1. The minimum Gasteiger partial charge on any atom is -0.346 e. The van der Waals surface area contributed by atoms with Crippen LogP contribution in [-0.4, -0.2) is 22.7 Å². The van der Waals surface area contributed by atoms with Crippen molar-refractivity contribution in [2.24, 2.45) is 5.14 Å². The summed E-state index contributed by atoms with van der Waals surface area (Å²) in [5, 5.41) is 7.92. The number of carbonyl (C=O) groups is 1. The molecular weight excluding hydrogens is 462 g/mol. The Hall–Kier alpha value is -3.05. The summed E-state index contributed by atoms with van der Waals surface area (Å²) in [5.41, 5.74) is 2.33. The molecule has 3 aromatic carbocycles. The molecule has 0 aliphatic carbocycles. The van der Waals surface area contributed by atoms with Crippen LogP contribution in [0, 0.1) is 6.92 Å². The van der Waals surface area contributed by atoms with Crippen molar-refractivity contribution >= 4 is 26.0 Å². The highest BCUT2D eigenvalue weighted by molar-refractivity contribution is 7.89. The normalized spacial score (nSPS) is 12.8. The minimum absolute atomic E-state index is 0.0145. The van der Waals surface area contributed by atoms with E-state index >= 15 is 0 Å². The van der Waals surface area contributed by atoms with Gasteiger partial charge in [-0.15, -0.1) is 0 Å². The molecule has 0 radical (unpaired) electrons. The van der Waals surface area contributed by atoms with Crippen molar-refractivity contribution in [3.05, 3.63) is 95.1 Å². The van der Waals surface area contributed by atoms with Crippen LogP contribution in [0.4, 0.5) is 0 Å². The van der Waals surface area contributed by atoms with Gasteiger partial charge in [0.25, 0.3) is 5.91 Å². The Balaban J connectivity index is 1.76. The Bertz CT molecular complexity index is 1350. The molecule has 0 saturated heterocycles. The second-order valence-corrected chi connectivity index (χ2v) is 10.9. The quantitative estimate of drug-likeness (QED) is 0.449. The summed E-state index contributed by atoms with van der Waals surface area (Å²) in [7, 11) is -7.64. The Morgan fingerprint density at radius 3 is 2.12 bits per heavy atom. The van der Waals surface area contributed by atoms with Gasteiger partial charge in [0.2, 0.25) is 20.0 Å². The van der Waals surface area contributed by atoms with E-state index in [0.29, 0.717) is 11.1 Å². The summed E-state index contributed by atoms with van der Waals surface area (Å²) >= 11 is 0. The zero-order chi connectivity index (χ0) is 24.2. The molecule has 0 heterocycles. The van der Waals surface area contributed by atoms with E-state index in [-0.39, 0.29) is 21.9 Å². The van der Waals surface area contributed by atoms with Crippen molar-refractivity contribution in [1.82, 2.24) is 10.0 Å². The zero-order valence-electron chi connectivity index (χ0n) is 18.1. The summed E-state index contributed by atoms with van der Waals surface area (Å²) in [4.78, 5) is 12.9. The van der Waals surface area contributed by atoms with E-state index in [9.17, 15) is 21.6 Å². The van der Waals surface area contributed by atoms with Crippen molar-refractivity contribution < 1.29 is 21.6 Å². The lowest BCUT2D eigenvalue weighted by Crippen LogP contribution is -2.28. The molecule has 0 aliphatic rings. The molecule has 3 aromatic rings. The highest BCUT2D eigenvalue weighted by Crippen LogP contribution is 2.19. The predicted octanol–water partition coefficient (Wildman–Crippen LogP) is 2.61. The molecule has 8 nitrogen and oxygen atoms in total. The maximum atomic E-state index is 12.9. The van der Waals surface area contributed by atoms with Crippen molar-refractivity contribution in [2.45, 2.75) is 36.2 Å². The first-order chi connectivity index (χ1) is 15.5. The van der Waals surface area contributed by atoms with E-state index in [0.717, 1.165) is 5.56 Å². The van der Waals surface area contributed by atoms with Gasteiger partial charge >= 0.3 is 0 Å². The fourth-order valence-corrected chi connectivity index (χ4v) is 4.73. The van der Waals surface area contributed by atoms with Crippen LogP contribution in [-0.2, 0) is 26.6 Å². The summed E-state index contributed by atoms with van der Waals surface area (Å²) in [6.45, 7) is 3.58. The fourth-order valence-electron chi connectivity index (χ4n) is 3.17. The van der Waals surface area contributed by atoms with Gasteiger partial charge in [-0.25, -0.2) is 26.7 Å². The topological polar surface area (TPSA) is 135 Å². The molecule has 0 aromatic heterocycles. The van der Waals surface area contributed by atoms with Gasteiger partial charge in [-0.05, 0) is 54.8 Å². The highest BCUT2D eigenvalue weighted by atomic mass is 32.2. The number of carbonyl (C=O) groups excluding carboxylic acids is 1. The number of amides is 1. The van der Waals surface area contributed by atoms with Crippen LogP contribution in [0.1, 0.15) is 40.0 Å². The second kappa shape index (κ2) is 9.84. The van der Waals surface area contributed by atoms with E-state index < -0.39 is 32.0 Å². The molecule has 33 heavy (non-hydrogen) atoms. The van der Waals surface area contributed by atoms with Gasteiger partial charge in [0.05, 0.1) is 15.8 Å². The zero-order valence-corrected chi connectivity index (χ0v) is 19.8. The second-order valence-electron chi connectivity index (χ2n) is 7.60. The minimum atomic E-state index is -3.83. The first-order valence-corrected chi connectivity index (χ1v) is 13.1. The molecule has 4 N–H and O–H groups in total.